The van der Waals surface area contributed by atoms with Crippen molar-refractivity contribution < 1.29 is 274 Å². The average Bonchev–Trinajstić information content (AvgIpc) is 0.785. The van der Waals surface area contributed by atoms with E-state index in [1.165, 1.54) is 0 Å². The highest BCUT2D eigenvalue weighted by atomic mass is 16.4. The zero-order chi connectivity index (χ0) is 101. The fourth-order valence-corrected chi connectivity index (χ4v) is 10.9. The Bertz CT molecular complexity index is 6210. The number of carbonyl (C=O) groups is 6. The molecule has 0 fully saturated rings. The molecule has 0 saturated heterocycles. The SMILES string of the molecule is O=C(c1c(O)cc(O)c(O)c1O)c1c(O)c(O)cc(O)c1O.O=C(c1c(O)cc(O)c(O)c1O)c1c(O)c(O)cc(O)c1O.O=C(c1c(O)cc(O)c(O)c1O)c1c(O)cc(O)c(O)c1O.O=C(c1cc(O)c(O)c(O)c1O)c1c(O)c(O)cc(O)c1O.O=C(c1cc(O)c(O)c(O)c1O)c1c(O)c(O)cc(O)c1O.O=C(c1cc(O)c(O)c(O)c1O)c1c(O)c(O)cc(O)c1O. The molecule has 0 heterocycles. The van der Waals surface area contributed by atoms with Crippen LogP contribution >= 0.6 is 0 Å². The molecule has 0 atom stereocenters. The van der Waals surface area contributed by atoms with Gasteiger partial charge in [-0.25, -0.2) is 0 Å². The van der Waals surface area contributed by atoms with Gasteiger partial charge in [0.15, 0.2) is 195 Å². The highest BCUT2D eigenvalue weighted by Gasteiger charge is 2.38. The Balaban J connectivity index is 0.000000216. The van der Waals surface area contributed by atoms with E-state index in [9.17, 15) is 274 Å². The predicted octanol–water partition coefficient (Wildman–Crippen LogP) is 3.37. The minimum Gasteiger partial charge on any atom is -0.507 e. The topological polar surface area (TPSA) is 1070 Å². The van der Waals surface area contributed by atoms with Crippen molar-refractivity contribution in [3.05, 3.63) is 140 Å². The van der Waals surface area contributed by atoms with Crippen LogP contribution in [0.15, 0.2) is 72.8 Å². The molecule has 0 aliphatic rings. The summed E-state index contributed by atoms with van der Waals surface area (Å²) < 4.78 is 0. The zero-order valence-electron chi connectivity index (χ0n) is 63.8. The van der Waals surface area contributed by atoms with Gasteiger partial charge in [-0.1, -0.05) is 0 Å². The molecule has 54 nitrogen and oxygen atoms in total. The molecule has 132 heavy (non-hydrogen) atoms. The monoisotopic (exact) mass is 1860 g/mol. The summed E-state index contributed by atoms with van der Waals surface area (Å²) in [4.78, 5) is 73.4. The van der Waals surface area contributed by atoms with Crippen molar-refractivity contribution >= 4 is 34.7 Å². The number of ketones is 6. The van der Waals surface area contributed by atoms with Crippen molar-refractivity contribution in [3.63, 3.8) is 0 Å². The number of hydrogen-bond acceptors (Lipinski definition) is 54. The molecule has 12 rings (SSSR count). The Kier molecular flexibility index (Phi) is 27.2. The molecule has 48 N–H and O–H groups in total. The van der Waals surface area contributed by atoms with Gasteiger partial charge < -0.3 is 245 Å². The summed E-state index contributed by atoms with van der Waals surface area (Å²) in [6, 6.07) is 6.73. The van der Waals surface area contributed by atoms with Crippen molar-refractivity contribution in [1.29, 1.82) is 0 Å². The van der Waals surface area contributed by atoms with Crippen LogP contribution in [0.5, 0.6) is 276 Å². The Hall–Kier alpha value is -20.9. The van der Waals surface area contributed by atoms with Gasteiger partial charge in [-0.15, -0.1) is 0 Å². The number of hydrogen-bond donors (Lipinski definition) is 48. The molecule has 12 aromatic carbocycles. The van der Waals surface area contributed by atoms with Gasteiger partial charge in [0.2, 0.25) is 92.2 Å². The first-order valence-corrected chi connectivity index (χ1v) is 33.9. The van der Waals surface area contributed by atoms with Gasteiger partial charge in [0.05, 0.1) is 16.7 Å². The summed E-state index contributed by atoms with van der Waals surface area (Å²) >= 11 is 0. The van der Waals surface area contributed by atoms with E-state index in [2.05, 4.69) is 0 Å². The van der Waals surface area contributed by atoms with Crippen LogP contribution in [0.1, 0.15) is 95.5 Å². The normalized spacial score (nSPS) is 10.5. The summed E-state index contributed by atoms with van der Waals surface area (Å²) in [6.07, 6.45) is 0. The Labute approximate surface area is 721 Å². The molecule has 0 aliphatic carbocycles. The van der Waals surface area contributed by atoms with Crippen LogP contribution in [0.2, 0.25) is 0 Å². The highest BCUT2D eigenvalue weighted by Crippen LogP contribution is 2.57. The van der Waals surface area contributed by atoms with E-state index in [0.717, 1.165) is 0 Å². The van der Waals surface area contributed by atoms with Crippen molar-refractivity contribution in [2.24, 2.45) is 0 Å². The predicted molar refractivity (Wildman–Crippen MR) is 418 cm³/mol. The fraction of sp³-hybridized carbons (Fsp3) is 0. The average molecular weight is 1860 g/mol. The minimum absolute atomic E-state index is 0.541. The maximum Gasteiger partial charge on any atom is 0.208 e. The second kappa shape index (κ2) is 36.6. The molecule has 54 heteroatoms. The van der Waals surface area contributed by atoms with Gasteiger partial charge in [-0.05, 0) is 18.2 Å². The molecule has 0 bridgehead atoms. The summed E-state index contributed by atoms with van der Waals surface area (Å²) in [5.41, 5.74) is -11.2. The minimum atomic E-state index is -1.42. The molecule has 0 aromatic heterocycles. The van der Waals surface area contributed by atoms with E-state index in [1.54, 1.807) is 0 Å². The number of aromatic hydroxyl groups is 48. The number of carbonyl (C=O) groups excluding carboxylic acids is 6. The summed E-state index contributed by atoms with van der Waals surface area (Å²) in [5.74, 6) is -58.5. The van der Waals surface area contributed by atoms with E-state index < -0.39 is 377 Å². The van der Waals surface area contributed by atoms with Crippen LogP contribution in [-0.4, -0.2) is 280 Å². The molecule has 696 valence electrons. The lowest BCUT2D eigenvalue weighted by Crippen LogP contribution is -2.04. The summed E-state index contributed by atoms with van der Waals surface area (Å²) in [6.45, 7) is 0. The van der Waals surface area contributed by atoms with Crippen LogP contribution < -0.4 is 0 Å². The number of phenols is 48. The molecule has 0 spiro atoms. The summed E-state index contributed by atoms with van der Waals surface area (Å²) in [5, 5.41) is 454. The maximum atomic E-state index is 12.2. The van der Waals surface area contributed by atoms with E-state index in [-0.39, 0.29) is 0 Å². The standard InChI is InChI=1S/6C13H10O9/c2*14-3-1-6(17)11(20)13(22)7(3)12(21)8-9(18)4(15)2-5(16)10(8)19;14-3-1-5(16)9(18)12(21)7(3)11(20)8-4(15)2-6(17)10(19)13(8)22;3*14-4-1-3(9(18)13(22)12(4)21)8(17)7-10(19)5(15)2-6(16)11(7)20/h2*1-2,14-20,22H;1-2,14-19,21-22H;3*1-2,14-16,18-22H. The highest BCUT2D eigenvalue weighted by molar-refractivity contribution is 6.20. The molecule has 0 unspecified atom stereocenters. The lowest BCUT2D eigenvalue weighted by Gasteiger charge is -2.12. The van der Waals surface area contributed by atoms with Crippen LogP contribution in [0, 0.1) is 0 Å². The Morgan fingerprint density at radius 3 is 0.356 bits per heavy atom. The lowest BCUT2D eigenvalue weighted by atomic mass is 9.98. The van der Waals surface area contributed by atoms with Crippen LogP contribution in [0.4, 0.5) is 0 Å². The molecule has 0 aliphatic heterocycles. The second-order valence-corrected chi connectivity index (χ2v) is 25.8. The maximum absolute atomic E-state index is 12.2. The third-order valence-corrected chi connectivity index (χ3v) is 17.6. The van der Waals surface area contributed by atoms with Gasteiger partial charge in [0, 0.05) is 54.6 Å². The fourth-order valence-electron chi connectivity index (χ4n) is 10.9. The van der Waals surface area contributed by atoms with Crippen LogP contribution in [0.25, 0.3) is 0 Å². The van der Waals surface area contributed by atoms with Crippen molar-refractivity contribution in [2.45, 2.75) is 0 Å². The molecule has 0 saturated carbocycles. The molecule has 12 aromatic rings. The van der Waals surface area contributed by atoms with Gasteiger partial charge in [0.25, 0.3) is 0 Å². The van der Waals surface area contributed by atoms with Gasteiger partial charge in [0.1, 0.15) is 73.1 Å². The molecular formula is C78H60O54. The number of benzene rings is 12. The number of rotatable bonds is 12. The smallest absolute Gasteiger partial charge is 0.208 e. The van der Waals surface area contributed by atoms with Gasteiger partial charge in [-0.3, -0.25) is 28.8 Å². The molecular weight excluding hydrogens is 1800 g/mol. The first kappa shape index (κ1) is 98.2. The van der Waals surface area contributed by atoms with Crippen molar-refractivity contribution in [1.82, 2.24) is 0 Å². The van der Waals surface area contributed by atoms with E-state index in [4.69, 9.17) is 0 Å². The Morgan fingerprint density at radius 2 is 0.205 bits per heavy atom. The largest absolute Gasteiger partial charge is 0.507 e. The number of phenolic OH excluding ortho intramolecular Hbond substituents is 48. The van der Waals surface area contributed by atoms with Gasteiger partial charge in [-0.2, -0.15) is 0 Å². The first-order valence-electron chi connectivity index (χ1n) is 33.9. The quantitative estimate of drug-likeness (QED) is 0.0473. The van der Waals surface area contributed by atoms with Crippen molar-refractivity contribution in [3.8, 4) is 276 Å². The van der Waals surface area contributed by atoms with Gasteiger partial charge >= 0.3 is 0 Å². The lowest BCUT2D eigenvalue weighted by molar-refractivity contribution is 0.101. The first-order chi connectivity index (χ1) is 61.0. The third kappa shape index (κ3) is 17.9. The van der Waals surface area contributed by atoms with Crippen molar-refractivity contribution in [2.75, 3.05) is 0 Å². The van der Waals surface area contributed by atoms with E-state index in [1.807, 2.05) is 0 Å². The molecule has 0 radical (unpaired) electrons. The Morgan fingerprint density at radius 1 is 0.0985 bits per heavy atom. The zero-order valence-corrected chi connectivity index (χ0v) is 63.8. The van der Waals surface area contributed by atoms with E-state index >= 15 is 0 Å². The van der Waals surface area contributed by atoms with E-state index in [0.29, 0.717) is 72.8 Å². The second-order valence-electron chi connectivity index (χ2n) is 25.8. The van der Waals surface area contributed by atoms with Crippen LogP contribution in [-0.2, 0) is 0 Å². The molecule has 0 amide bonds. The third-order valence-electron chi connectivity index (χ3n) is 17.6. The summed E-state index contributed by atoms with van der Waals surface area (Å²) in [7, 11) is 0. The van der Waals surface area contributed by atoms with Crippen LogP contribution in [0.3, 0.4) is 0 Å².